The number of imide groups is 1. The van der Waals surface area contributed by atoms with Crippen LogP contribution in [0.2, 0.25) is 5.21 Å². The van der Waals surface area contributed by atoms with E-state index in [0.29, 0.717) is 5.69 Å². The van der Waals surface area contributed by atoms with Crippen LogP contribution in [-0.2, 0) is 15.2 Å². The fraction of sp³-hybridized carbons (Fsp3) is 0.308. The summed E-state index contributed by atoms with van der Waals surface area (Å²) in [6, 6.07) is -1.57. The molecule has 3 unspecified atom stereocenters. The third kappa shape index (κ3) is 2.76. The molecule has 2 heterocycles. The third-order valence-electron chi connectivity index (χ3n) is 7.16. The Morgan fingerprint density at radius 1 is 1.00 bits per heavy atom. The van der Waals surface area contributed by atoms with E-state index in [-0.39, 0.29) is 22.1 Å². The first kappa shape index (κ1) is 23.7. The molecule has 2 aliphatic rings. The molecule has 2 aliphatic heterocycles. The quantitative estimate of drug-likeness (QED) is 0.367. The minimum Gasteiger partial charge on any atom is -0.472 e. The molecule has 152 valence electrons. The van der Waals surface area contributed by atoms with Crippen LogP contribution >= 0.6 is 0 Å². The Morgan fingerprint density at radius 2 is 1.52 bits per heavy atom. The van der Waals surface area contributed by atoms with Crippen molar-refractivity contribution < 1.29 is 29.0 Å². The maximum Gasteiger partial charge on any atom is 0.256 e. The number of piperidine rings is 1. The summed E-state index contributed by atoms with van der Waals surface area (Å²) < 4.78 is 16.6. The van der Waals surface area contributed by atoms with Crippen molar-refractivity contribution in [2.75, 3.05) is 4.72 Å². The molecule has 0 saturated carbocycles. The molecule has 1 aromatic rings. The van der Waals surface area contributed by atoms with Gasteiger partial charge in [-0.3, -0.25) is 14.4 Å². The monoisotopic (exact) mass is 417 g/mol. The molecule has 31 heavy (non-hydrogen) atoms. The predicted molar refractivity (Wildman–Crippen MR) is 138 cm³/mol. The molecule has 1 fully saturated rings. The lowest BCUT2D eigenvalue weighted by molar-refractivity contribution is -0.164. The number of nitrogens with zero attached hydrogens (tertiary/aromatic N) is 3. The largest absolute Gasteiger partial charge is 0.472 e. The summed E-state index contributed by atoms with van der Waals surface area (Å²) >= 11 is 0. The molecule has 18 heteroatoms. The Bertz CT molecular complexity index is 1050. The van der Waals surface area contributed by atoms with Crippen molar-refractivity contribution in [2.45, 2.75) is 22.4 Å². The first-order valence-corrected chi connectivity index (χ1v) is 10.0. The molecule has 0 radical (unpaired) electrons. The molecular weight excluding hydrogens is 394 g/mol. The predicted octanol–water partition coefficient (Wildman–Crippen LogP) is -11.6. The highest BCUT2D eigenvalue weighted by molar-refractivity contribution is 6.59. The van der Waals surface area contributed by atoms with Gasteiger partial charge in [-0.15, -0.1) is 0 Å². The summed E-state index contributed by atoms with van der Waals surface area (Å²) in [6.07, 6.45) is 0. The van der Waals surface area contributed by atoms with Crippen molar-refractivity contribution in [3.05, 3.63) is 16.9 Å². The topological polar surface area (TPSA) is 101 Å². The number of rotatable bonds is 2. The van der Waals surface area contributed by atoms with Gasteiger partial charge in [0.15, 0.2) is 7.85 Å². The van der Waals surface area contributed by atoms with Crippen LogP contribution in [0.3, 0.4) is 0 Å². The number of amides is 3. The number of aliphatic hydroxyl groups is 2. The Morgan fingerprint density at radius 3 is 2.00 bits per heavy atom. The second kappa shape index (κ2) is 6.78. The number of hydrogen-bond acceptors (Lipinski definition) is 6. The number of hydrogen-bond donors (Lipinski definition) is 2. The van der Waals surface area contributed by atoms with E-state index in [0.717, 1.165) is 9.71 Å². The molecule has 8 nitrogen and oxygen atoms in total. The van der Waals surface area contributed by atoms with E-state index >= 15 is 4.39 Å². The summed E-state index contributed by atoms with van der Waals surface area (Å²) in [7, 11) is 13.2. The van der Waals surface area contributed by atoms with E-state index in [1.54, 1.807) is 28.5 Å². The van der Waals surface area contributed by atoms with Crippen molar-refractivity contribution in [3.8, 4) is 0 Å². The van der Waals surface area contributed by atoms with Crippen LogP contribution < -0.4 is 15.6 Å². The summed E-state index contributed by atoms with van der Waals surface area (Å²) in [5.74, 6) is -2.79. The van der Waals surface area contributed by atoms with Crippen molar-refractivity contribution in [1.29, 1.82) is 0 Å². The zero-order chi connectivity index (χ0) is 24.0. The molecule has 2 N–H and O–H groups in total. The summed E-state index contributed by atoms with van der Waals surface area (Å²) in [4.78, 5) is 41.3. The highest BCUT2D eigenvalue weighted by Crippen LogP contribution is 2.47. The normalized spacial score (nSPS) is 29.9. The van der Waals surface area contributed by atoms with Gasteiger partial charge < -0.3 is 24.6 Å². The number of halogens is 1. The summed E-state index contributed by atoms with van der Waals surface area (Å²) in [5, 5.41) is 21.6. The van der Waals surface area contributed by atoms with Crippen LogP contribution in [0.5, 0.6) is 0 Å². The molecule has 1 saturated heterocycles. The third-order valence-corrected chi connectivity index (χ3v) is 7.16. The van der Waals surface area contributed by atoms with Crippen molar-refractivity contribution in [1.82, 2.24) is 9.71 Å². The molecule has 0 aliphatic carbocycles. The SMILES string of the molecule is Bc1c(F)c(B)c(N(B)B)c2c1C(=O)N(C1C(=O)N(B)C(=O)C(B)(B)C1(B)O)C2(B)O. The fourth-order valence-corrected chi connectivity index (χ4v) is 4.95. The van der Waals surface area contributed by atoms with E-state index in [1.165, 1.54) is 47.2 Å². The van der Waals surface area contributed by atoms with Gasteiger partial charge in [-0.2, -0.15) is 0 Å². The zero-order valence-electron chi connectivity index (χ0n) is 19.4. The maximum atomic E-state index is 15.0. The maximum absolute atomic E-state index is 15.0. The van der Waals surface area contributed by atoms with E-state index in [1.807, 2.05) is 0 Å². The van der Waals surface area contributed by atoms with Crippen LogP contribution in [0, 0.1) is 5.82 Å². The lowest BCUT2D eigenvalue weighted by Gasteiger charge is -2.55. The highest BCUT2D eigenvalue weighted by atomic mass is 19.1. The second-order valence-electron chi connectivity index (χ2n) is 9.63. The Kier molecular flexibility index (Phi) is 5.19. The minimum absolute atomic E-state index is 0.0437. The highest BCUT2D eigenvalue weighted by Gasteiger charge is 2.65. The van der Waals surface area contributed by atoms with E-state index in [4.69, 9.17) is 0 Å². The lowest BCUT2D eigenvalue weighted by atomic mass is 9.37. The van der Waals surface area contributed by atoms with Crippen LogP contribution in [0.25, 0.3) is 0 Å². The molecule has 1 aromatic carbocycles. The smallest absolute Gasteiger partial charge is 0.256 e. The van der Waals surface area contributed by atoms with Crippen LogP contribution in [0.4, 0.5) is 10.1 Å². The molecule has 0 aromatic heterocycles. The standard InChI is InChI=1S/C13H21B9FN3O5/c14-3-1-2(6(26(21)22)4(15)5(3)23)13(19,31)24(8(1)27)7-9(28)25(20)10(29)11(16,17)12(7,18)30/h7,30-31H,14-22H2. The van der Waals surface area contributed by atoms with Crippen molar-refractivity contribution in [2.24, 2.45) is 0 Å². The first-order chi connectivity index (χ1) is 13.9. The number of carbonyl (C=O) groups is 3. The molecule has 3 atom stereocenters. The summed E-state index contributed by atoms with van der Waals surface area (Å²) in [6.45, 7) is 0. The Hall–Kier alpha value is -1.94. The second-order valence-corrected chi connectivity index (χ2v) is 9.63. The number of carbonyl (C=O) groups excluding carboxylic acids is 3. The van der Waals surface area contributed by atoms with Gasteiger partial charge in [0.2, 0.25) is 35.8 Å². The van der Waals surface area contributed by atoms with Gasteiger partial charge in [-0.25, -0.2) is 4.39 Å². The first-order valence-electron chi connectivity index (χ1n) is 10.0. The van der Waals surface area contributed by atoms with Crippen LogP contribution in [0.15, 0.2) is 0 Å². The van der Waals surface area contributed by atoms with Gasteiger partial charge in [-0.05, 0) is 10.9 Å². The fourth-order valence-electron chi connectivity index (χ4n) is 4.95. The van der Waals surface area contributed by atoms with Gasteiger partial charge in [0, 0.05) is 22.0 Å². The number of benzene rings is 1. The zero-order valence-corrected chi connectivity index (χ0v) is 19.4. The average Bonchev–Trinajstić information content (AvgIpc) is 2.84. The van der Waals surface area contributed by atoms with Gasteiger partial charge >= 0.3 is 0 Å². The molecule has 3 rings (SSSR count). The number of anilines is 1. The molecule has 0 spiro atoms. The summed E-state index contributed by atoms with van der Waals surface area (Å²) in [5.41, 5.74) is -3.29. The van der Waals surface area contributed by atoms with E-state index < -0.39 is 45.9 Å². The van der Waals surface area contributed by atoms with Gasteiger partial charge in [0.25, 0.3) is 5.91 Å². The number of fused-ring (bicyclic) bond motifs is 1. The van der Waals surface area contributed by atoms with Crippen molar-refractivity contribution >= 4 is 105 Å². The molecule has 0 bridgehead atoms. The van der Waals surface area contributed by atoms with Gasteiger partial charge in [-0.1, -0.05) is 0 Å². The lowest BCUT2D eigenvalue weighted by Crippen LogP contribution is -2.76. The van der Waals surface area contributed by atoms with Crippen LogP contribution in [-0.4, -0.2) is 120 Å². The van der Waals surface area contributed by atoms with E-state index in [2.05, 4.69) is 0 Å². The van der Waals surface area contributed by atoms with Gasteiger partial charge in [0.1, 0.15) is 56.7 Å². The minimum atomic E-state index is -2.04. The molecular formula is C13H21B9FN3O5. The van der Waals surface area contributed by atoms with Crippen molar-refractivity contribution in [3.63, 3.8) is 0 Å². The molecule has 3 amide bonds. The Labute approximate surface area is 188 Å². The average molecular weight is 416 g/mol. The van der Waals surface area contributed by atoms with Crippen LogP contribution in [0.1, 0.15) is 15.9 Å². The van der Waals surface area contributed by atoms with Gasteiger partial charge in [0.05, 0.1) is 5.50 Å². The van der Waals surface area contributed by atoms with E-state index in [9.17, 15) is 24.6 Å². The Balaban J connectivity index is 2.35.